The van der Waals surface area contributed by atoms with Crippen LogP contribution in [0.2, 0.25) is 0 Å². The Morgan fingerprint density at radius 2 is 1.87 bits per heavy atom. The Hall–Kier alpha value is -4.16. The zero-order valence-corrected chi connectivity index (χ0v) is 32.1. The summed E-state index contributed by atoms with van der Waals surface area (Å²) in [5.74, 6) is 0.988. The Morgan fingerprint density at radius 1 is 1.11 bits per heavy atom. The number of nitrogen functional groups attached to an aromatic ring is 1. The maximum Gasteiger partial charge on any atom is 0.251 e. The zero-order valence-electron chi connectivity index (χ0n) is 32.1. The predicted molar refractivity (Wildman–Crippen MR) is 207 cm³/mol. The Balaban J connectivity index is 1.25. The Bertz CT molecular complexity index is 1800. The third-order valence-corrected chi connectivity index (χ3v) is 12.3. The molecule has 2 amide bonds. The molecule has 8 atom stereocenters. The van der Waals surface area contributed by atoms with Gasteiger partial charge >= 0.3 is 0 Å². The van der Waals surface area contributed by atoms with Gasteiger partial charge in [-0.3, -0.25) is 14.4 Å². The third kappa shape index (κ3) is 7.76. The first-order valence-corrected chi connectivity index (χ1v) is 18.9. The van der Waals surface area contributed by atoms with Crippen LogP contribution in [0.15, 0.2) is 60.7 Å². The molecule has 2 unspecified atom stereocenters. The van der Waals surface area contributed by atoms with Gasteiger partial charge in [0.15, 0.2) is 0 Å². The highest BCUT2D eigenvalue weighted by atomic mass is 16.7. The summed E-state index contributed by atoms with van der Waals surface area (Å²) >= 11 is 0. The van der Waals surface area contributed by atoms with Crippen LogP contribution in [-0.4, -0.2) is 85.7 Å². The Kier molecular flexibility index (Phi) is 11.4. The van der Waals surface area contributed by atoms with E-state index in [4.69, 9.17) is 15.3 Å². The lowest BCUT2D eigenvalue weighted by molar-refractivity contribution is -0.183. The van der Waals surface area contributed by atoms with Crippen molar-refractivity contribution in [3.05, 3.63) is 77.4 Å². The number of carbonyl (C=O) groups is 2. The quantitative estimate of drug-likeness (QED) is 0.159. The smallest absolute Gasteiger partial charge is 0.251 e. The molecule has 1 aliphatic heterocycles. The average molecular weight is 728 g/mol. The number of nitrogens with one attached hydrogen (secondary N) is 2. The molecule has 1 heterocycles. The van der Waals surface area contributed by atoms with E-state index in [9.17, 15) is 19.8 Å². The molecule has 0 aromatic heterocycles. The number of amides is 2. The van der Waals surface area contributed by atoms with Crippen molar-refractivity contribution in [3.63, 3.8) is 0 Å². The average Bonchev–Trinajstić information content (AvgIpc) is 3.50. The minimum Gasteiger partial charge on any atom is -0.496 e. The van der Waals surface area contributed by atoms with E-state index in [0.717, 1.165) is 34.4 Å². The highest BCUT2D eigenvalue weighted by molar-refractivity contribution is 5.97. The van der Waals surface area contributed by atoms with Crippen LogP contribution < -0.4 is 26.0 Å². The lowest BCUT2D eigenvalue weighted by Crippen LogP contribution is -2.62. The van der Waals surface area contributed by atoms with Crippen LogP contribution in [0.4, 0.5) is 11.4 Å². The van der Waals surface area contributed by atoms with Gasteiger partial charge in [-0.1, -0.05) is 51.1 Å². The number of benzene rings is 3. The summed E-state index contributed by atoms with van der Waals surface area (Å²) in [5.41, 5.74) is 11.6. The van der Waals surface area contributed by atoms with Crippen molar-refractivity contribution in [2.75, 3.05) is 45.0 Å². The Labute approximate surface area is 313 Å². The number of aliphatic hydroxyl groups excluding tert-OH is 2. The van der Waals surface area contributed by atoms with Crippen LogP contribution in [0, 0.1) is 29.1 Å². The second-order valence-electron chi connectivity index (χ2n) is 16.1. The molecule has 6 N–H and O–H groups in total. The number of fused-ring (bicyclic) bond motifs is 2. The molecule has 11 nitrogen and oxygen atoms in total. The third-order valence-electron chi connectivity index (χ3n) is 12.3. The fourth-order valence-electron chi connectivity index (χ4n) is 9.16. The number of hydroxylamine groups is 2. The van der Waals surface area contributed by atoms with Gasteiger partial charge in [-0.25, -0.2) is 0 Å². The summed E-state index contributed by atoms with van der Waals surface area (Å²) in [5, 5.41) is 29.2. The van der Waals surface area contributed by atoms with E-state index in [2.05, 4.69) is 31.4 Å². The molecule has 4 fully saturated rings. The molecule has 0 radical (unpaired) electrons. The predicted octanol–water partition coefficient (Wildman–Crippen LogP) is 4.64. The standard InChI is InChI=1S/C42H57N5O6/c1-24-34-20-30(42(34,3)4)21-35(24)45-41(51)38-37(25(2)49)36(23-48)53-47(38)22-27-11-9-13-33(39(27)52-7)28-17-29(19-32(18-28)46(5)6)40(50)44-15-14-26-10-8-12-31(43)16-26/h8-13,16-19,24-25,30,34-38,48-49H,14-15,20-23,43H2,1-7H3,(H,44,50)(H,45,51)/t24-,25?,30-,34-,35-,36-,37?,38-/m0/s1. The van der Waals surface area contributed by atoms with E-state index < -0.39 is 24.2 Å². The molecule has 4 aliphatic rings. The molecular weight excluding hydrogens is 670 g/mol. The minimum absolute atomic E-state index is 0.0364. The maximum absolute atomic E-state index is 14.2. The van der Waals surface area contributed by atoms with Crippen molar-refractivity contribution in [1.82, 2.24) is 15.7 Å². The van der Waals surface area contributed by atoms with E-state index in [1.807, 2.05) is 79.7 Å². The molecule has 53 heavy (non-hydrogen) atoms. The van der Waals surface area contributed by atoms with Crippen LogP contribution in [0.5, 0.6) is 5.75 Å². The number of methoxy groups -OCH3 is 1. The summed E-state index contributed by atoms with van der Waals surface area (Å²) in [6.07, 6.45) is 1.12. The molecule has 11 heteroatoms. The van der Waals surface area contributed by atoms with E-state index in [0.29, 0.717) is 47.7 Å². The van der Waals surface area contributed by atoms with Crippen LogP contribution in [-0.2, 0) is 22.6 Å². The lowest BCUT2D eigenvalue weighted by atomic mass is 9.45. The van der Waals surface area contributed by atoms with Crippen molar-refractivity contribution in [2.45, 2.75) is 77.8 Å². The molecule has 0 spiro atoms. The topological polar surface area (TPSA) is 150 Å². The first-order valence-electron chi connectivity index (χ1n) is 18.9. The first kappa shape index (κ1) is 38.6. The molecule has 3 aliphatic carbocycles. The fourth-order valence-corrected chi connectivity index (χ4v) is 9.16. The first-order chi connectivity index (χ1) is 25.2. The molecule has 286 valence electrons. The van der Waals surface area contributed by atoms with Crippen molar-refractivity contribution in [2.24, 2.45) is 29.1 Å². The summed E-state index contributed by atoms with van der Waals surface area (Å²) in [4.78, 5) is 35.9. The van der Waals surface area contributed by atoms with Gasteiger partial charge in [0.2, 0.25) is 5.91 Å². The SMILES string of the molecule is COc1c(CN2O[C@@H](CO)C(C(C)O)[C@H]2C(=O)N[C@H]2C[C@@H]3C[C@@H]([C@@H]2C)C3(C)C)cccc1-c1cc(C(=O)NCCc2cccc(N)c2)cc(N(C)C)c1. The normalized spacial score (nSPS) is 26.7. The molecule has 7 rings (SSSR count). The van der Waals surface area contributed by atoms with Gasteiger partial charge in [0, 0.05) is 60.7 Å². The highest BCUT2D eigenvalue weighted by Gasteiger charge is 2.57. The van der Waals surface area contributed by atoms with E-state index in [1.54, 1.807) is 19.1 Å². The van der Waals surface area contributed by atoms with Gasteiger partial charge in [0.05, 0.1) is 26.4 Å². The molecule has 1 saturated heterocycles. The van der Waals surface area contributed by atoms with Crippen LogP contribution >= 0.6 is 0 Å². The number of anilines is 2. The van der Waals surface area contributed by atoms with E-state index in [1.165, 1.54) is 6.42 Å². The fraction of sp³-hybridized carbons (Fsp3) is 0.524. The summed E-state index contributed by atoms with van der Waals surface area (Å²) in [6, 6.07) is 18.4. The molecular formula is C42H57N5O6. The highest BCUT2D eigenvalue weighted by Crippen LogP contribution is 2.61. The second kappa shape index (κ2) is 15.7. The lowest BCUT2D eigenvalue weighted by Gasteiger charge is -2.62. The van der Waals surface area contributed by atoms with Gasteiger partial charge in [-0.15, -0.1) is 0 Å². The van der Waals surface area contributed by atoms with E-state index in [-0.39, 0.29) is 36.4 Å². The molecule has 2 bridgehead atoms. The van der Waals surface area contributed by atoms with E-state index >= 15 is 0 Å². The van der Waals surface area contributed by atoms with Crippen molar-refractivity contribution in [1.29, 1.82) is 0 Å². The van der Waals surface area contributed by atoms with Gasteiger partial charge in [0.25, 0.3) is 5.91 Å². The zero-order chi connectivity index (χ0) is 38.2. The van der Waals surface area contributed by atoms with Crippen molar-refractivity contribution < 1.29 is 29.4 Å². The number of ether oxygens (including phenoxy) is 1. The van der Waals surface area contributed by atoms with Gasteiger partial charge in [-0.2, -0.15) is 5.06 Å². The number of carbonyl (C=O) groups excluding carboxylic acids is 2. The molecule has 3 aromatic carbocycles. The van der Waals surface area contributed by atoms with Gasteiger partial charge < -0.3 is 36.2 Å². The van der Waals surface area contributed by atoms with Crippen LogP contribution in [0.25, 0.3) is 11.1 Å². The summed E-state index contributed by atoms with van der Waals surface area (Å²) in [7, 11) is 5.46. The van der Waals surface area contributed by atoms with Crippen LogP contribution in [0.1, 0.15) is 62.0 Å². The molecule has 3 saturated carbocycles. The largest absolute Gasteiger partial charge is 0.496 e. The monoisotopic (exact) mass is 727 g/mol. The Morgan fingerprint density at radius 3 is 2.51 bits per heavy atom. The van der Waals surface area contributed by atoms with Crippen molar-refractivity contribution in [3.8, 4) is 16.9 Å². The van der Waals surface area contributed by atoms with Gasteiger partial charge in [-0.05, 0) is 90.8 Å². The number of hydrogen-bond acceptors (Lipinski definition) is 9. The number of nitrogens with zero attached hydrogens (tertiary/aromatic N) is 2. The minimum atomic E-state index is -0.901. The molecule has 3 aromatic rings. The maximum atomic E-state index is 14.2. The second-order valence-corrected chi connectivity index (χ2v) is 16.1. The number of para-hydroxylation sites is 1. The van der Waals surface area contributed by atoms with Gasteiger partial charge in [0.1, 0.15) is 17.9 Å². The summed E-state index contributed by atoms with van der Waals surface area (Å²) in [6.45, 7) is 8.82. The number of aliphatic hydroxyl groups is 2. The van der Waals surface area contributed by atoms with Crippen LogP contribution in [0.3, 0.4) is 0 Å². The summed E-state index contributed by atoms with van der Waals surface area (Å²) < 4.78 is 6.05. The van der Waals surface area contributed by atoms with Crippen molar-refractivity contribution >= 4 is 23.2 Å². The number of hydrogen-bond donors (Lipinski definition) is 5. The number of nitrogens with two attached hydrogens (primary N) is 1. The number of rotatable bonds is 13.